The molecule has 3 rings (SSSR count). The summed E-state index contributed by atoms with van der Waals surface area (Å²) in [4.78, 5) is 27.7. The van der Waals surface area contributed by atoms with E-state index in [1.807, 2.05) is 26.0 Å². The summed E-state index contributed by atoms with van der Waals surface area (Å²) in [5.41, 5.74) is 3.25. The van der Waals surface area contributed by atoms with Crippen molar-refractivity contribution in [2.24, 2.45) is 4.99 Å². The Bertz CT molecular complexity index is 948. The summed E-state index contributed by atoms with van der Waals surface area (Å²) in [5.74, 6) is 0.596. The fourth-order valence-corrected chi connectivity index (χ4v) is 2.80. The van der Waals surface area contributed by atoms with Crippen LogP contribution in [0.2, 0.25) is 0 Å². The topological polar surface area (TPSA) is 74.2 Å². The molecule has 2 aromatic rings. The molecule has 0 bridgehead atoms. The fourth-order valence-electron chi connectivity index (χ4n) is 2.80. The predicted octanol–water partition coefficient (Wildman–Crippen LogP) is 3.58. The molecule has 6 heteroatoms. The van der Waals surface area contributed by atoms with Gasteiger partial charge in [0.05, 0.1) is 7.11 Å². The molecule has 6 nitrogen and oxygen atoms in total. The minimum Gasteiger partial charge on any atom is -0.497 e. The molecular formula is C21H19NO5. The van der Waals surface area contributed by atoms with Gasteiger partial charge in [0, 0.05) is 12.5 Å². The predicted molar refractivity (Wildman–Crippen MR) is 101 cm³/mol. The quantitative estimate of drug-likeness (QED) is 0.470. The largest absolute Gasteiger partial charge is 0.497 e. The van der Waals surface area contributed by atoms with Crippen molar-refractivity contribution in [1.29, 1.82) is 0 Å². The highest BCUT2D eigenvalue weighted by molar-refractivity contribution is 6.12. The number of benzene rings is 2. The maximum atomic E-state index is 12.2. The Hall–Kier alpha value is -3.41. The van der Waals surface area contributed by atoms with Gasteiger partial charge in [-0.3, -0.25) is 4.79 Å². The number of ether oxygens (including phenoxy) is 3. The summed E-state index contributed by atoms with van der Waals surface area (Å²) >= 11 is 0. The standard InChI is InChI=1S/C21H19NO5/c1-12-9-15(10-13(2)19(12)26-14(3)23)11-18-21(24)27-20(22-18)16-5-7-17(25-4)8-6-16/h5-11H,1-4H3/b18-11-. The summed E-state index contributed by atoms with van der Waals surface area (Å²) in [6, 6.07) is 10.7. The van der Waals surface area contributed by atoms with Gasteiger partial charge in [0.25, 0.3) is 0 Å². The second-order valence-corrected chi connectivity index (χ2v) is 6.14. The van der Waals surface area contributed by atoms with Gasteiger partial charge in [0.15, 0.2) is 5.70 Å². The molecule has 1 aliphatic heterocycles. The Labute approximate surface area is 157 Å². The van der Waals surface area contributed by atoms with Gasteiger partial charge in [0.2, 0.25) is 5.90 Å². The van der Waals surface area contributed by atoms with Crippen molar-refractivity contribution in [1.82, 2.24) is 0 Å². The van der Waals surface area contributed by atoms with E-state index < -0.39 is 5.97 Å². The Kier molecular flexibility index (Phi) is 5.07. The van der Waals surface area contributed by atoms with E-state index in [1.165, 1.54) is 6.92 Å². The molecule has 27 heavy (non-hydrogen) atoms. The lowest BCUT2D eigenvalue weighted by Gasteiger charge is -2.10. The van der Waals surface area contributed by atoms with Crippen molar-refractivity contribution < 1.29 is 23.8 Å². The van der Waals surface area contributed by atoms with Crippen LogP contribution in [0.15, 0.2) is 47.1 Å². The molecule has 2 aromatic carbocycles. The van der Waals surface area contributed by atoms with Crippen LogP contribution in [-0.4, -0.2) is 24.9 Å². The maximum Gasteiger partial charge on any atom is 0.363 e. The van der Waals surface area contributed by atoms with E-state index in [4.69, 9.17) is 14.2 Å². The number of carbonyl (C=O) groups is 2. The molecule has 0 N–H and O–H groups in total. The highest BCUT2D eigenvalue weighted by atomic mass is 16.6. The summed E-state index contributed by atoms with van der Waals surface area (Å²) in [5, 5.41) is 0. The third-order valence-electron chi connectivity index (χ3n) is 3.99. The number of methoxy groups -OCH3 is 1. The lowest BCUT2D eigenvalue weighted by molar-refractivity contribution is -0.132. The van der Waals surface area contributed by atoms with Crippen molar-refractivity contribution >= 4 is 23.9 Å². The van der Waals surface area contributed by atoms with E-state index in [0.29, 0.717) is 17.1 Å². The summed E-state index contributed by atoms with van der Waals surface area (Å²) in [7, 11) is 1.58. The van der Waals surface area contributed by atoms with Crippen molar-refractivity contribution in [2.75, 3.05) is 7.11 Å². The first-order valence-electron chi connectivity index (χ1n) is 8.34. The second-order valence-electron chi connectivity index (χ2n) is 6.14. The molecule has 0 fully saturated rings. The van der Waals surface area contributed by atoms with Gasteiger partial charge < -0.3 is 14.2 Å². The van der Waals surface area contributed by atoms with Crippen LogP contribution in [0.3, 0.4) is 0 Å². The van der Waals surface area contributed by atoms with Gasteiger partial charge >= 0.3 is 11.9 Å². The van der Waals surface area contributed by atoms with Crippen molar-refractivity contribution in [3.05, 3.63) is 64.3 Å². The molecule has 0 amide bonds. The van der Waals surface area contributed by atoms with Crippen LogP contribution in [0, 0.1) is 13.8 Å². The first-order valence-corrected chi connectivity index (χ1v) is 8.34. The molecule has 0 unspecified atom stereocenters. The molecule has 138 valence electrons. The molecule has 0 atom stereocenters. The molecular weight excluding hydrogens is 346 g/mol. The van der Waals surface area contributed by atoms with Crippen LogP contribution in [-0.2, 0) is 14.3 Å². The Morgan fingerprint density at radius 2 is 1.74 bits per heavy atom. The first kappa shape index (κ1) is 18.4. The number of cyclic esters (lactones) is 1. The van der Waals surface area contributed by atoms with Gasteiger partial charge in [0.1, 0.15) is 11.5 Å². The summed E-state index contributed by atoms with van der Waals surface area (Å²) in [6.45, 7) is 5.04. The molecule has 0 radical (unpaired) electrons. The van der Waals surface area contributed by atoms with Gasteiger partial charge in [-0.25, -0.2) is 9.79 Å². The highest BCUT2D eigenvalue weighted by Crippen LogP contribution is 2.27. The number of esters is 2. The van der Waals surface area contributed by atoms with Crippen LogP contribution in [0.5, 0.6) is 11.5 Å². The van der Waals surface area contributed by atoms with E-state index in [1.54, 1.807) is 37.5 Å². The average Bonchev–Trinajstić information content (AvgIpc) is 2.99. The summed E-state index contributed by atoms with van der Waals surface area (Å²) in [6.07, 6.45) is 1.65. The number of carbonyl (C=O) groups excluding carboxylic acids is 2. The molecule has 0 spiro atoms. The normalized spacial score (nSPS) is 14.7. The fraction of sp³-hybridized carbons (Fsp3) is 0.190. The van der Waals surface area contributed by atoms with Crippen LogP contribution in [0.25, 0.3) is 6.08 Å². The zero-order valence-electron chi connectivity index (χ0n) is 15.5. The van der Waals surface area contributed by atoms with E-state index >= 15 is 0 Å². The number of hydrogen-bond donors (Lipinski definition) is 0. The first-order chi connectivity index (χ1) is 12.9. The SMILES string of the molecule is COc1ccc(C2=N/C(=C\c3cc(C)c(OC(C)=O)c(C)c3)C(=O)O2)cc1. The molecule has 0 saturated heterocycles. The Morgan fingerprint density at radius 3 is 2.30 bits per heavy atom. The van der Waals surface area contributed by atoms with Crippen molar-refractivity contribution in [3.63, 3.8) is 0 Å². The van der Waals surface area contributed by atoms with Crippen LogP contribution < -0.4 is 9.47 Å². The highest BCUT2D eigenvalue weighted by Gasteiger charge is 2.24. The van der Waals surface area contributed by atoms with Gasteiger partial charge in [-0.05, 0) is 73.0 Å². The number of aliphatic imine (C=N–C) groups is 1. The zero-order chi connectivity index (χ0) is 19.6. The van der Waals surface area contributed by atoms with Gasteiger partial charge in [-0.15, -0.1) is 0 Å². The minimum absolute atomic E-state index is 0.208. The van der Waals surface area contributed by atoms with Crippen LogP contribution in [0.1, 0.15) is 29.2 Å². The van der Waals surface area contributed by atoms with Gasteiger partial charge in [-0.2, -0.15) is 0 Å². The second kappa shape index (κ2) is 7.45. The molecule has 1 aliphatic rings. The molecule has 1 heterocycles. The monoisotopic (exact) mass is 365 g/mol. The van der Waals surface area contributed by atoms with E-state index in [2.05, 4.69) is 4.99 Å². The third kappa shape index (κ3) is 4.06. The molecule has 0 aromatic heterocycles. The number of nitrogens with zero attached hydrogens (tertiary/aromatic N) is 1. The summed E-state index contributed by atoms with van der Waals surface area (Å²) < 4.78 is 15.6. The maximum absolute atomic E-state index is 12.2. The Balaban J connectivity index is 1.91. The van der Waals surface area contributed by atoms with Gasteiger partial charge in [-0.1, -0.05) is 0 Å². The lowest BCUT2D eigenvalue weighted by Crippen LogP contribution is -2.05. The van der Waals surface area contributed by atoms with Crippen molar-refractivity contribution in [2.45, 2.75) is 20.8 Å². The van der Waals surface area contributed by atoms with E-state index in [0.717, 1.165) is 16.7 Å². The lowest BCUT2D eigenvalue weighted by atomic mass is 10.0. The van der Waals surface area contributed by atoms with E-state index in [-0.39, 0.29) is 17.6 Å². The van der Waals surface area contributed by atoms with Crippen molar-refractivity contribution in [3.8, 4) is 11.5 Å². The molecule has 0 aliphatic carbocycles. The molecule has 0 saturated carbocycles. The third-order valence-corrected chi connectivity index (χ3v) is 3.99. The smallest absolute Gasteiger partial charge is 0.363 e. The Morgan fingerprint density at radius 1 is 1.11 bits per heavy atom. The van der Waals surface area contributed by atoms with Crippen LogP contribution >= 0.6 is 0 Å². The average molecular weight is 365 g/mol. The number of rotatable bonds is 4. The number of aryl methyl sites for hydroxylation is 2. The zero-order valence-corrected chi connectivity index (χ0v) is 15.5. The minimum atomic E-state index is -0.514. The van der Waals surface area contributed by atoms with Crippen LogP contribution in [0.4, 0.5) is 0 Å². The number of hydrogen-bond acceptors (Lipinski definition) is 6. The van der Waals surface area contributed by atoms with E-state index in [9.17, 15) is 9.59 Å².